The summed E-state index contributed by atoms with van der Waals surface area (Å²) >= 11 is 0. The van der Waals surface area contributed by atoms with E-state index in [4.69, 9.17) is 15.3 Å². The van der Waals surface area contributed by atoms with E-state index in [2.05, 4.69) is 0 Å². The second-order valence-corrected chi connectivity index (χ2v) is 2.07. The Morgan fingerprint density at radius 3 is 2.22 bits per heavy atom. The van der Waals surface area contributed by atoms with Crippen LogP contribution in [0.25, 0.3) is 0 Å². The molecule has 0 aromatic rings. The van der Waals surface area contributed by atoms with Gasteiger partial charge in [-0.2, -0.15) is 0 Å². The third-order valence-corrected chi connectivity index (χ3v) is 1.27. The Hall–Kier alpha value is -0.120. The fourth-order valence-electron chi connectivity index (χ4n) is 0.589. The van der Waals surface area contributed by atoms with Crippen molar-refractivity contribution in [2.24, 2.45) is 5.92 Å². The summed E-state index contributed by atoms with van der Waals surface area (Å²) in [5.41, 5.74) is 0. The molecule has 0 heterocycles. The first-order chi connectivity index (χ1) is 4.22. The molecule has 9 heavy (non-hydrogen) atoms. The van der Waals surface area contributed by atoms with Gasteiger partial charge in [0.2, 0.25) is 0 Å². The second kappa shape index (κ2) is 4.73. The largest absolute Gasteiger partial charge is 0.396 e. The van der Waals surface area contributed by atoms with Crippen LogP contribution in [0.15, 0.2) is 0 Å². The Morgan fingerprint density at radius 1 is 1.56 bits per heavy atom. The molecule has 0 saturated carbocycles. The van der Waals surface area contributed by atoms with Crippen LogP contribution in [0, 0.1) is 12.5 Å². The normalized spacial score (nSPS) is 17.3. The van der Waals surface area contributed by atoms with Gasteiger partial charge in [0.25, 0.3) is 0 Å². The van der Waals surface area contributed by atoms with E-state index in [1.807, 2.05) is 0 Å². The van der Waals surface area contributed by atoms with Crippen molar-refractivity contribution >= 4 is 0 Å². The predicted octanol–water partition coefficient (Wildman–Crippen LogP) is -0.0999. The van der Waals surface area contributed by atoms with Crippen molar-refractivity contribution in [3.8, 4) is 0 Å². The Morgan fingerprint density at radius 2 is 2.11 bits per heavy atom. The van der Waals surface area contributed by atoms with Crippen LogP contribution in [0.2, 0.25) is 0 Å². The minimum absolute atomic E-state index is 0.00731. The monoisotopic (exact) mass is 133 g/mol. The number of hydrogen-bond acceptors (Lipinski definition) is 3. The molecule has 2 atom stereocenters. The Kier molecular flexibility index (Phi) is 4.67. The van der Waals surface area contributed by atoms with Gasteiger partial charge in [-0.1, -0.05) is 0 Å². The van der Waals surface area contributed by atoms with E-state index in [9.17, 15) is 0 Å². The molecule has 0 aliphatic carbocycles. The van der Waals surface area contributed by atoms with Crippen molar-refractivity contribution in [1.82, 2.24) is 0 Å². The molecule has 0 saturated heterocycles. The van der Waals surface area contributed by atoms with E-state index in [0.29, 0.717) is 6.42 Å². The van der Waals surface area contributed by atoms with Crippen LogP contribution in [0.3, 0.4) is 0 Å². The maximum atomic E-state index is 8.84. The highest BCUT2D eigenvalue weighted by atomic mass is 16.3. The van der Waals surface area contributed by atoms with E-state index in [1.165, 1.54) is 0 Å². The quantitative estimate of drug-likeness (QED) is 0.502. The van der Waals surface area contributed by atoms with Gasteiger partial charge < -0.3 is 15.3 Å². The highest BCUT2D eigenvalue weighted by Crippen LogP contribution is 2.09. The van der Waals surface area contributed by atoms with Gasteiger partial charge in [-0.15, -0.1) is 0 Å². The number of aliphatic hydroxyl groups is 3. The van der Waals surface area contributed by atoms with Gasteiger partial charge in [0, 0.05) is 12.5 Å². The predicted molar refractivity (Wildman–Crippen MR) is 33.1 cm³/mol. The Bertz CT molecular complexity index is 63.3. The lowest BCUT2D eigenvalue weighted by Gasteiger charge is -2.14. The third-order valence-electron chi connectivity index (χ3n) is 1.27. The summed E-state index contributed by atoms with van der Waals surface area (Å²) in [7, 11) is 0. The summed E-state index contributed by atoms with van der Waals surface area (Å²) in [4.78, 5) is 0. The van der Waals surface area contributed by atoms with Crippen molar-refractivity contribution < 1.29 is 15.3 Å². The minimum Gasteiger partial charge on any atom is -0.396 e. The molecule has 55 valence electrons. The van der Waals surface area contributed by atoms with Crippen LogP contribution in [0.5, 0.6) is 0 Å². The van der Waals surface area contributed by atoms with Crippen molar-refractivity contribution in [1.29, 1.82) is 0 Å². The molecule has 0 aliphatic rings. The van der Waals surface area contributed by atoms with Gasteiger partial charge in [-0.05, 0) is 13.3 Å². The maximum absolute atomic E-state index is 8.84. The van der Waals surface area contributed by atoms with Crippen LogP contribution in [0.1, 0.15) is 13.3 Å². The number of rotatable bonds is 4. The standard InChI is InChI=1S/C6H13O3/c1-5(9)6(4-8)2-3-7/h4-9H,2-3H2,1H3. The molecular weight excluding hydrogens is 120 g/mol. The summed E-state index contributed by atoms with van der Waals surface area (Å²) in [6.07, 6.45) is -0.170. The molecule has 0 aromatic heterocycles. The first-order valence-electron chi connectivity index (χ1n) is 2.98. The summed E-state index contributed by atoms with van der Waals surface area (Å²) in [5.74, 6) is -0.296. The number of hydrogen-bond donors (Lipinski definition) is 3. The first-order valence-corrected chi connectivity index (χ1v) is 2.98. The SMILES string of the molecule is CC(O)C([CH]O)CCO. The minimum atomic E-state index is -0.581. The number of aliphatic hydroxyl groups excluding tert-OH is 3. The zero-order chi connectivity index (χ0) is 7.28. The molecule has 0 rings (SSSR count). The highest BCUT2D eigenvalue weighted by molar-refractivity contribution is 4.70. The van der Waals surface area contributed by atoms with Crippen LogP contribution in [-0.4, -0.2) is 28.0 Å². The molecule has 1 radical (unpaired) electrons. The van der Waals surface area contributed by atoms with Crippen molar-refractivity contribution in [2.45, 2.75) is 19.4 Å². The van der Waals surface area contributed by atoms with Gasteiger partial charge >= 0.3 is 0 Å². The summed E-state index contributed by atoms with van der Waals surface area (Å²) < 4.78 is 0. The highest BCUT2D eigenvalue weighted by Gasteiger charge is 2.12. The summed E-state index contributed by atoms with van der Waals surface area (Å²) in [6, 6.07) is 0. The van der Waals surface area contributed by atoms with E-state index in [-0.39, 0.29) is 12.5 Å². The van der Waals surface area contributed by atoms with Crippen LogP contribution >= 0.6 is 0 Å². The fourth-order valence-corrected chi connectivity index (χ4v) is 0.589. The zero-order valence-electron chi connectivity index (χ0n) is 5.49. The maximum Gasteiger partial charge on any atom is 0.0856 e. The molecule has 0 bridgehead atoms. The molecule has 3 N–H and O–H groups in total. The molecule has 3 nitrogen and oxygen atoms in total. The van der Waals surface area contributed by atoms with Crippen LogP contribution < -0.4 is 0 Å². The molecule has 2 unspecified atom stereocenters. The van der Waals surface area contributed by atoms with Crippen molar-refractivity contribution in [3.05, 3.63) is 6.61 Å². The third kappa shape index (κ3) is 3.46. The molecule has 0 spiro atoms. The average Bonchev–Trinajstić information content (AvgIpc) is 1.82. The van der Waals surface area contributed by atoms with Gasteiger partial charge in [0.05, 0.1) is 12.7 Å². The van der Waals surface area contributed by atoms with Crippen LogP contribution in [-0.2, 0) is 0 Å². The van der Waals surface area contributed by atoms with E-state index >= 15 is 0 Å². The summed E-state index contributed by atoms with van der Waals surface area (Å²) in [5, 5.41) is 25.6. The lowest BCUT2D eigenvalue weighted by Crippen LogP contribution is -2.18. The lowest BCUT2D eigenvalue weighted by molar-refractivity contribution is 0.0935. The second-order valence-electron chi connectivity index (χ2n) is 2.07. The lowest BCUT2D eigenvalue weighted by atomic mass is 10.0. The topological polar surface area (TPSA) is 60.7 Å². The molecule has 0 amide bonds. The molecule has 0 aliphatic heterocycles. The molecular formula is C6H13O3. The smallest absolute Gasteiger partial charge is 0.0856 e. The van der Waals surface area contributed by atoms with Gasteiger partial charge in [-0.3, -0.25) is 0 Å². The van der Waals surface area contributed by atoms with Crippen LogP contribution in [0.4, 0.5) is 0 Å². The van der Waals surface area contributed by atoms with Crippen molar-refractivity contribution in [3.63, 3.8) is 0 Å². The zero-order valence-corrected chi connectivity index (χ0v) is 5.49. The Labute approximate surface area is 54.9 Å². The van der Waals surface area contributed by atoms with E-state index in [0.717, 1.165) is 6.61 Å². The van der Waals surface area contributed by atoms with Crippen molar-refractivity contribution in [2.75, 3.05) is 6.61 Å². The Balaban J connectivity index is 3.41. The fraction of sp³-hybridized carbons (Fsp3) is 0.833. The van der Waals surface area contributed by atoms with Gasteiger partial charge in [-0.25, -0.2) is 0 Å². The molecule has 0 aromatic carbocycles. The van der Waals surface area contributed by atoms with E-state index < -0.39 is 6.10 Å². The average molecular weight is 133 g/mol. The summed E-state index contributed by atoms with van der Waals surface area (Å²) in [6.45, 7) is 2.49. The van der Waals surface area contributed by atoms with Gasteiger partial charge in [0.15, 0.2) is 0 Å². The van der Waals surface area contributed by atoms with Gasteiger partial charge in [0.1, 0.15) is 0 Å². The first kappa shape index (κ1) is 8.88. The van der Waals surface area contributed by atoms with E-state index in [1.54, 1.807) is 6.92 Å². The molecule has 3 heteroatoms. The molecule has 0 fully saturated rings.